The molecule has 0 aliphatic heterocycles. The van der Waals surface area contributed by atoms with Crippen LogP contribution in [-0.2, 0) is 4.79 Å². The first kappa shape index (κ1) is 18.1. The summed E-state index contributed by atoms with van der Waals surface area (Å²) in [5.41, 5.74) is 2.52. The van der Waals surface area contributed by atoms with Gasteiger partial charge in [0.2, 0.25) is 5.91 Å². The van der Waals surface area contributed by atoms with Crippen molar-refractivity contribution in [2.75, 3.05) is 19.0 Å². The predicted molar refractivity (Wildman–Crippen MR) is 101 cm³/mol. The third-order valence-electron chi connectivity index (χ3n) is 3.30. The molecule has 0 heterocycles. The van der Waals surface area contributed by atoms with Gasteiger partial charge in [0.1, 0.15) is 11.5 Å². The van der Waals surface area contributed by atoms with Crippen LogP contribution in [-0.4, -0.2) is 19.6 Å². The summed E-state index contributed by atoms with van der Waals surface area (Å²) < 4.78 is 11.8. The molecule has 1 amide bonds. The van der Waals surface area contributed by atoms with Crippen molar-refractivity contribution in [2.45, 2.75) is 13.8 Å². The van der Waals surface area contributed by atoms with E-state index in [4.69, 9.17) is 9.47 Å². The molecule has 2 aromatic carbocycles. The predicted octanol–water partition coefficient (Wildman–Crippen LogP) is 4.82. The molecule has 4 nitrogen and oxygen atoms in total. The van der Waals surface area contributed by atoms with Gasteiger partial charge in [-0.05, 0) is 55.8 Å². The van der Waals surface area contributed by atoms with E-state index in [1.807, 2.05) is 50.2 Å². The summed E-state index contributed by atoms with van der Waals surface area (Å²) in [7, 11) is 1.58. The molecule has 5 heteroatoms. The molecule has 0 aliphatic carbocycles. The van der Waals surface area contributed by atoms with Crippen LogP contribution < -0.4 is 14.8 Å². The van der Waals surface area contributed by atoms with Gasteiger partial charge in [-0.1, -0.05) is 22.0 Å². The van der Waals surface area contributed by atoms with Gasteiger partial charge in [-0.15, -0.1) is 0 Å². The largest absolute Gasteiger partial charge is 0.495 e. The maximum Gasteiger partial charge on any atom is 0.248 e. The highest BCUT2D eigenvalue weighted by Gasteiger charge is 2.06. The zero-order valence-corrected chi connectivity index (χ0v) is 15.5. The van der Waals surface area contributed by atoms with Crippen LogP contribution in [0.5, 0.6) is 11.5 Å². The summed E-state index contributed by atoms with van der Waals surface area (Å²) in [6.45, 7) is 4.45. The standard InChI is InChI=1S/C19H20BrNO3/c1-4-24-17-9-7-15(20)12-14(17)6-10-19(22)21-16-11-13(2)5-8-18(16)23-3/h5-12H,4H2,1-3H3,(H,21,22)/b10-6+. The van der Waals surface area contributed by atoms with Gasteiger partial charge in [0.15, 0.2) is 0 Å². The van der Waals surface area contributed by atoms with Crippen LogP contribution in [0.25, 0.3) is 6.08 Å². The lowest BCUT2D eigenvalue weighted by molar-refractivity contribution is -0.111. The number of amides is 1. The lowest BCUT2D eigenvalue weighted by atomic mass is 10.2. The minimum Gasteiger partial charge on any atom is -0.495 e. The number of benzene rings is 2. The highest BCUT2D eigenvalue weighted by molar-refractivity contribution is 9.10. The van der Waals surface area contributed by atoms with Crippen molar-refractivity contribution in [3.8, 4) is 11.5 Å². The summed E-state index contributed by atoms with van der Waals surface area (Å²) in [6, 6.07) is 11.3. The maximum atomic E-state index is 12.2. The summed E-state index contributed by atoms with van der Waals surface area (Å²) in [5, 5.41) is 2.84. The zero-order valence-electron chi connectivity index (χ0n) is 13.9. The summed E-state index contributed by atoms with van der Waals surface area (Å²) in [5.74, 6) is 1.12. The van der Waals surface area contributed by atoms with E-state index >= 15 is 0 Å². The van der Waals surface area contributed by atoms with E-state index in [0.29, 0.717) is 18.0 Å². The minimum atomic E-state index is -0.235. The van der Waals surface area contributed by atoms with Gasteiger partial charge in [0.05, 0.1) is 19.4 Å². The monoisotopic (exact) mass is 389 g/mol. The number of hydrogen-bond acceptors (Lipinski definition) is 3. The molecular weight excluding hydrogens is 370 g/mol. The number of anilines is 1. The van der Waals surface area contributed by atoms with Crippen molar-refractivity contribution < 1.29 is 14.3 Å². The van der Waals surface area contributed by atoms with Crippen molar-refractivity contribution in [3.05, 3.63) is 58.1 Å². The topological polar surface area (TPSA) is 47.6 Å². The van der Waals surface area contributed by atoms with Crippen molar-refractivity contribution in [3.63, 3.8) is 0 Å². The number of hydrogen-bond donors (Lipinski definition) is 1. The van der Waals surface area contributed by atoms with Gasteiger partial charge < -0.3 is 14.8 Å². The number of aryl methyl sites for hydroxylation is 1. The third kappa shape index (κ3) is 4.86. The van der Waals surface area contributed by atoms with E-state index in [-0.39, 0.29) is 5.91 Å². The van der Waals surface area contributed by atoms with Crippen molar-refractivity contribution in [1.29, 1.82) is 0 Å². The highest BCUT2D eigenvalue weighted by atomic mass is 79.9. The molecule has 0 aliphatic rings. The lowest BCUT2D eigenvalue weighted by Gasteiger charge is -2.10. The SMILES string of the molecule is CCOc1ccc(Br)cc1/C=C/C(=O)Nc1cc(C)ccc1OC. The molecule has 0 atom stereocenters. The van der Waals surface area contributed by atoms with Crippen LogP contribution in [0, 0.1) is 6.92 Å². The van der Waals surface area contributed by atoms with E-state index < -0.39 is 0 Å². The Morgan fingerprint density at radius 3 is 2.67 bits per heavy atom. The third-order valence-corrected chi connectivity index (χ3v) is 3.79. The number of halogens is 1. The van der Waals surface area contributed by atoms with Crippen LogP contribution in [0.1, 0.15) is 18.1 Å². The smallest absolute Gasteiger partial charge is 0.248 e. The highest BCUT2D eigenvalue weighted by Crippen LogP contribution is 2.26. The molecule has 2 aromatic rings. The van der Waals surface area contributed by atoms with Crippen molar-refractivity contribution in [2.24, 2.45) is 0 Å². The van der Waals surface area contributed by atoms with Crippen molar-refractivity contribution in [1.82, 2.24) is 0 Å². The fraction of sp³-hybridized carbons (Fsp3) is 0.211. The van der Waals surface area contributed by atoms with Crippen LogP contribution in [0.15, 0.2) is 46.9 Å². The van der Waals surface area contributed by atoms with Gasteiger partial charge in [0.25, 0.3) is 0 Å². The first-order valence-electron chi connectivity index (χ1n) is 7.59. The molecular formula is C19H20BrNO3. The molecule has 126 valence electrons. The number of nitrogens with one attached hydrogen (secondary N) is 1. The van der Waals surface area contributed by atoms with Crippen LogP contribution in [0.3, 0.4) is 0 Å². The van der Waals surface area contributed by atoms with E-state index in [1.165, 1.54) is 6.08 Å². The molecule has 1 N–H and O–H groups in total. The van der Waals surface area contributed by atoms with Gasteiger partial charge in [0, 0.05) is 16.1 Å². The van der Waals surface area contributed by atoms with E-state index in [0.717, 1.165) is 21.3 Å². The Morgan fingerprint density at radius 1 is 1.21 bits per heavy atom. The van der Waals surface area contributed by atoms with Crippen LogP contribution in [0.4, 0.5) is 5.69 Å². The number of methoxy groups -OCH3 is 1. The second kappa shape index (κ2) is 8.55. The molecule has 0 bridgehead atoms. The van der Waals surface area contributed by atoms with Crippen molar-refractivity contribution >= 4 is 33.6 Å². The van der Waals surface area contributed by atoms with E-state index in [2.05, 4.69) is 21.2 Å². The van der Waals surface area contributed by atoms with Gasteiger partial charge in [-0.3, -0.25) is 4.79 Å². The summed E-state index contributed by atoms with van der Waals surface area (Å²) in [4.78, 5) is 12.2. The summed E-state index contributed by atoms with van der Waals surface area (Å²) >= 11 is 3.43. The Balaban J connectivity index is 2.17. The quantitative estimate of drug-likeness (QED) is 0.720. The fourth-order valence-electron chi connectivity index (χ4n) is 2.20. The molecule has 0 unspecified atom stereocenters. The Kier molecular flexibility index (Phi) is 6.44. The number of ether oxygens (including phenoxy) is 2. The zero-order chi connectivity index (χ0) is 17.5. The number of carbonyl (C=O) groups excluding carboxylic acids is 1. The summed E-state index contributed by atoms with van der Waals surface area (Å²) in [6.07, 6.45) is 3.21. The number of rotatable bonds is 6. The van der Waals surface area contributed by atoms with Gasteiger partial charge in [-0.2, -0.15) is 0 Å². The van der Waals surface area contributed by atoms with Gasteiger partial charge >= 0.3 is 0 Å². The van der Waals surface area contributed by atoms with Gasteiger partial charge in [-0.25, -0.2) is 0 Å². The average Bonchev–Trinajstić information content (AvgIpc) is 2.55. The Labute approximate surface area is 150 Å². The Morgan fingerprint density at radius 2 is 1.96 bits per heavy atom. The molecule has 0 saturated heterocycles. The first-order valence-corrected chi connectivity index (χ1v) is 8.39. The first-order chi connectivity index (χ1) is 11.5. The normalized spacial score (nSPS) is 10.7. The Hall–Kier alpha value is -2.27. The van der Waals surface area contributed by atoms with Crippen LogP contribution in [0.2, 0.25) is 0 Å². The molecule has 24 heavy (non-hydrogen) atoms. The van der Waals surface area contributed by atoms with E-state index in [1.54, 1.807) is 13.2 Å². The molecule has 0 saturated carbocycles. The second-order valence-corrected chi connectivity index (χ2v) is 6.06. The molecule has 0 radical (unpaired) electrons. The Bertz CT molecular complexity index is 756. The number of carbonyl (C=O) groups is 1. The molecule has 0 spiro atoms. The molecule has 2 rings (SSSR count). The minimum absolute atomic E-state index is 0.235. The molecule has 0 aromatic heterocycles. The second-order valence-electron chi connectivity index (χ2n) is 5.14. The van der Waals surface area contributed by atoms with E-state index in [9.17, 15) is 4.79 Å². The maximum absolute atomic E-state index is 12.2. The lowest BCUT2D eigenvalue weighted by Crippen LogP contribution is -2.09. The fourth-order valence-corrected chi connectivity index (χ4v) is 2.57. The molecule has 0 fully saturated rings. The average molecular weight is 390 g/mol. The van der Waals surface area contributed by atoms with Crippen LogP contribution >= 0.6 is 15.9 Å².